The Morgan fingerprint density at radius 3 is 2.48 bits per heavy atom. The second kappa shape index (κ2) is 8.11. The van der Waals surface area contributed by atoms with Gasteiger partial charge in [-0.05, 0) is 19.3 Å². The monoisotopic (exact) mass is 288 g/mol. The molecule has 4 nitrogen and oxygen atoms in total. The number of terminal acetylenes is 1. The quantitative estimate of drug-likeness (QED) is 0.428. The molecule has 0 aromatic heterocycles. The zero-order valence-corrected chi connectivity index (χ0v) is 12.4. The van der Waals surface area contributed by atoms with Gasteiger partial charge in [0.1, 0.15) is 0 Å². The fourth-order valence-electron chi connectivity index (χ4n) is 2.34. The number of allylic oxidation sites excluding steroid dienone is 6. The Balaban J connectivity index is 3.14. The highest BCUT2D eigenvalue weighted by atomic mass is 16.5. The summed E-state index contributed by atoms with van der Waals surface area (Å²) in [6, 6.07) is 0. The summed E-state index contributed by atoms with van der Waals surface area (Å²) >= 11 is 0. The van der Waals surface area contributed by atoms with Crippen molar-refractivity contribution in [2.75, 3.05) is 14.2 Å². The van der Waals surface area contributed by atoms with Crippen LogP contribution in [0.4, 0.5) is 0 Å². The van der Waals surface area contributed by atoms with Gasteiger partial charge in [-0.3, -0.25) is 9.59 Å². The minimum absolute atomic E-state index is 0.202. The molecular formula is C17H20O4. The van der Waals surface area contributed by atoms with Gasteiger partial charge in [-0.2, -0.15) is 0 Å². The summed E-state index contributed by atoms with van der Waals surface area (Å²) in [5.41, 5.74) is -0.430. The van der Waals surface area contributed by atoms with Crippen LogP contribution >= 0.6 is 0 Å². The van der Waals surface area contributed by atoms with Crippen molar-refractivity contribution in [3.8, 4) is 12.3 Å². The Morgan fingerprint density at radius 1 is 1.24 bits per heavy atom. The summed E-state index contributed by atoms with van der Waals surface area (Å²) in [4.78, 5) is 24.5. The number of methoxy groups -OCH3 is 2. The lowest BCUT2D eigenvalue weighted by molar-refractivity contribution is -0.169. The number of carbonyl (C=O) groups excluding carboxylic acids is 2. The van der Waals surface area contributed by atoms with Crippen LogP contribution in [0.25, 0.3) is 0 Å². The fraction of sp³-hybridized carbons (Fsp3) is 0.412. The van der Waals surface area contributed by atoms with Crippen molar-refractivity contribution < 1.29 is 19.1 Å². The lowest BCUT2D eigenvalue weighted by Gasteiger charge is -2.28. The number of esters is 2. The molecule has 0 aromatic carbocycles. The van der Waals surface area contributed by atoms with Crippen molar-refractivity contribution in [3.63, 3.8) is 0 Å². The van der Waals surface area contributed by atoms with Crippen LogP contribution in [0.2, 0.25) is 0 Å². The van der Waals surface area contributed by atoms with Crippen LogP contribution in [0.1, 0.15) is 25.7 Å². The maximum Gasteiger partial charge on any atom is 0.323 e. The molecule has 0 spiro atoms. The van der Waals surface area contributed by atoms with Gasteiger partial charge >= 0.3 is 11.9 Å². The number of ether oxygens (including phenoxy) is 2. The Labute approximate surface area is 125 Å². The SMILES string of the molecule is C#CCCC(CC1=CC=CC=CC1)(C(=O)OC)C(=O)OC. The lowest BCUT2D eigenvalue weighted by Crippen LogP contribution is -2.41. The van der Waals surface area contributed by atoms with Crippen LogP contribution in [0.3, 0.4) is 0 Å². The van der Waals surface area contributed by atoms with E-state index in [1.54, 1.807) is 0 Å². The highest BCUT2D eigenvalue weighted by Crippen LogP contribution is 2.36. The molecule has 0 saturated heterocycles. The highest BCUT2D eigenvalue weighted by molar-refractivity contribution is 6.00. The Morgan fingerprint density at radius 2 is 1.90 bits per heavy atom. The first kappa shape index (κ1) is 16.8. The second-order valence-electron chi connectivity index (χ2n) is 4.79. The molecule has 0 unspecified atom stereocenters. The van der Waals surface area contributed by atoms with Gasteiger partial charge in [0.2, 0.25) is 0 Å². The van der Waals surface area contributed by atoms with Crippen molar-refractivity contribution in [1.29, 1.82) is 0 Å². The predicted octanol–water partition coefficient (Wildman–Crippen LogP) is 2.56. The van der Waals surface area contributed by atoms with Crippen LogP contribution in [-0.2, 0) is 19.1 Å². The third kappa shape index (κ3) is 4.09. The van der Waals surface area contributed by atoms with Gasteiger partial charge in [0.25, 0.3) is 0 Å². The molecule has 0 radical (unpaired) electrons. The number of rotatable bonds is 6. The van der Waals surface area contributed by atoms with Gasteiger partial charge in [0.15, 0.2) is 5.41 Å². The molecule has 0 heterocycles. The average Bonchev–Trinajstić information content (AvgIpc) is 2.78. The van der Waals surface area contributed by atoms with E-state index in [4.69, 9.17) is 15.9 Å². The van der Waals surface area contributed by atoms with E-state index in [0.29, 0.717) is 12.8 Å². The Hall–Kier alpha value is -2.28. The van der Waals surface area contributed by atoms with Gasteiger partial charge in [0.05, 0.1) is 14.2 Å². The molecule has 21 heavy (non-hydrogen) atoms. The van der Waals surface area contributed by atoms with E-state index in [0.717, 1.165) is 5.57 Å². The first-order chi connectivity index (χ1) is 10.1. The van der Waals surface area contributed by atoms with E-state index in [-0.39, 0.29) is 12.8 Å². The molecule has 1 aliphatic rings. The maximum atomic E-state index is 12.2. The minimum Gasteiger partial charge on any atom is -0.468 e. The molecular weight excluding hydrogens is 268 g/mol. The predicted molar refractivity (Wildman–Crippen MR) is 80.1 cm³/mol. The van der Waals surface area contributed by atoms with E-state index < -0.39 is 17.4 Å². The van der Waals surface area contributed by atoms with Crippen LogP contribution < -0.4 is 0 Å². The molecule has 0 N–H and O–H groups in total. The summed E-state index contributed by atoms with van der Waals surface area (Å²) in [5.74, 6) is 1.25. The van der Waals surface area contributed by atoms with E-state index >= 15 is 0 Å². The molecule has 4 heteroatoms. The summed E-state index contributed by atoms with van der Waals surface area (Å²) in [5, 5.41) is 0. The van der Waals surface area contributed by atoms with E-state index in [2.05, 4.69) is 5.92 Å². The zero-order chi connectivity index (χ0) is 15.7. The number of carbonyl (C=O) groups is 2. The minimum atomic E-state index is -1.38. The van der Waals surface area contributed by atoms with Crippen LogP contribution in [-0.4, -0.2) is 26.2 Å². The maximum absolute atomic E-state index is 12.2. The Kier molecular flexibility index (Phi) is 6.48. The molecule has 0 bridgehead atoms. The fourth-order valence-corrected chi connectivity index (χ4v) is 2.34. The van der Waals surface area contributed by atoms with Crippen LogP contribution in [0.15, 0.2) is 36.0 Å². The van der Waals surface area contributed by atoms with Crippen molar-refractivity contribution >= 4 is 11.9 Å². The van der Waals surface area contributed by atoms with Crippen molar-refractivity contribution in [3.05, 3.63) is 36.0 Å². The molecule has 1 rings (SSSR count). The summed E-state index contributed by atoms with van der Waals surface area (Å²) in [6.07, 6.45) is 16.2. The van der Waals surface area contributed by atoms with Crippen LogP contribution in [0.5, 0.6) is 0 Å². The summed E-state index contributed by atoms with van der Waals surface area (Å²) in [6.45, 7) is 0. The lowest BCUT2D eigenvalue weighted by atomic mass is 9.76. The molecule has 112 valence electrons. The van der Waals surface area contributed by atoms with E-state index in [1.165, 1.54) is 14.2 Å². The standard InChI is InChI=1S/C17H20O4/c1-4-5-12-17(15(18)20-2,16(19)21-3)13-14-10-8-6-7-9-11-14/h1,6-10H,5,11-13H2,2-3H3. The normalized spacial score (nSPS) is 13.9. The topological polar surface area (TPSA) is 52.6 Å². The summed E-state index contributed by atoms with van der Waals surface area (Å²) < 4.78 is 9.67. The third-order valence-corrected chi connectivity index (χ3v) is 3.45. The molecule has 0 amide bonds. The molecule has 0 aliphatic heterocycles. The van der Waals surface area contributed by atoms with Crippen molar-refractivity contribution in [1.82, 2.24) is 0 Å². The number of hydrogen-bond acceptors (Lipinski definition) is 4. The van der Waals surface area contributed by atoms with Gasteiger partial charge in [-0.15, -0.1) is 12.3 Å². The third-order valence-electron chi connectivity index (χ3n) is 3.45. The van der Waals surface area contributed by atoms with Gasteiger partial charge < -0.3 is 9.47 Å². The molecule has 0 aromatic rings. The largest absolute Gasteiger partial charge is 0.468 e. The smallest absolute Gasteiger partial charge is 0.323 e. The molecule has 0 atom stereocenters. The summed E-state index contributed by atoms with van der Waals surface area (Å²) in [7, 11) is 2.52. The number of hydrogen-bond donors (Lipinski definition) is 0. The Bertz CT molecular complexity index is 501. The molecule has 0 fully saturated rings. The van der Waals surface area contributed by atoms with Gasteiger partial charge in [-0.25, -0.2) is 0 Å². The van der Waals surface area contributed by atoms with Gasteiger partial charge in [-0.1, -0.05) is 36.0 Å². The highest BCUT2D eigenvalue weighted by Gasteiger charge is 2.48. The average molecular weight is 288 g/mol. The molecule has 0 saturated carbocycles. The first-order valence-electron chi connectivity index (χ1n) is 6.72. The van der Waals surface area contributed by atoms with E-state index in [9.17, 15) is 9.59 Å². The van der Waals surface area contributed by atoms with Crippen LogP contribution in [0, 0.1) is 17.8 Å². The van der Waals surface area contributed by atoms with E-state index in [1.807, 2.05) is 30.4 Å². The zero-order valence-electron chi connectivity index (χ0n) is 12.4. The van der Waals surface area contributed by atoms with Gasteiger partial charge in [0, 0.05) is 6.42 Å². The molecule has 1 aliphatic carbocycles. The van der Waals surface area contributed by atoms with Crippen molar-refractivity contribution in [2.24, 2.45) is 5.41 Å². The first-order valence-corrected chi connectivity index (χ1v) is 6.72. The second-order valence-corrected chi connectivity index (χ2v) is 4.79. The van der Waals surface area contributed by atoms with Crippen molar-refractivity contribution in [2.45, 2.75) is 25.7 Å².